The van der Waals surface area contributed by atoms with Gasteiger partial charge >= 0.3 is 5.97 Å². The van der Waals surface area contributed by atoms with Gasteiger partial charge in [0.15, 0.2) is 0 Å². The normalized spacial score (nSPS) is 18.6. The van der Waals surface area contributed by atoms with Crippen LogP contribution in [0.1, 0.15) is 39.0 Å². The van der Waals surface area contributed by atoms with Crippen molar-refractivity contribution in [2.45, 2.75) is 45.1 Å². The summed E-state index contributed by atoms with van der Waals surface area (Å²) in [6.45, 7) is 3.23. The summed E-state index contributed by atoms with van der Waals surface area (Å²) in [5.74, 6) is -0.644. The molecule has 0 saturated carbocycles. The Kier molecular flexibility index (Phi) is 5.97. The lowest BCUT2D eigenvalue weighted by Crippen LogP contribution is -2.39. The van der Waals surface area contributed by atoms with Crippen LogP contribution >= 0.6 is 0 Å². The molecule has 1 amide bonds. The summed E-state index contributed by atoms with van der Waals surface area (Å²) in [4.78, 5) is 22.2. The third kappa shape index (κ3) is 5.68. The molecule has 5 heteroatoms. The van der Waals surface area contributed by atoms with Crippen molar-refractivity contribution in [1.82, 2.24) is 5.32 Å². The predicted octanol–water partition coefficient (Wildman–Crippen LogP) is 1.17. The van der Waals surface area contributed by atoms with Crippen LogP contribution in [-0.4, -0.2) is 36.2 Å². The highest BCUT2D eigenvalue weighted by molar-refractivity contribution is 5.79. The molecule has 5 nitrogen and oxygen atoms in total. The minimum Gasteiger partial charge on any atom is -0.481 e. The number of ether oxygens (including phenoxy) is 1. The van der Waals surface area contributed by atoms with Crippen LogP contribution in [0.4, 0.5) is 0 Å². The molecule has 0 spiro atoms. The average Bonchev–Trinajstić information content (AvgIpc) is 2.29. The van der Waals surface area contributed by atoms with E-state index < -0.39 is 5.97 Å². The molecule has 0 radical (unpaired) electrons. The molecule has 2 N–H and O–H groups in total. The number of hydrogen-bond acceptors (Lipinski definition) is 3. The first-order chi connectivity index (χ1) is 8.09. The molecule has 0 aliphatic carbocycles. The number of nitrogens with one attached hydrogen (secondary N) is 1. The zero-order chi connectivity index (χ0) is 12.7. The second kappa shape index (κ2) is 7.27. The van der Waals surface area contributed by atoms with Gasteiger partial charge in [0.25, 0.3) is 0 Å². The Morgan fingerprint density at radius 1 is 1.41 bits per heavy atom. The topological polar surface area (TPSA) is 75.6 Å². The standard InChI is InChI=1S/C12H21NO4/c1-9(3-2-4-11(14)15)13-12(16)10-5-7-17-8-6-10/h9-10H,2-8H2,1H3,(H,13,16)(H,14,15). The van der Waals surface area contributed by atoms with E-state index in [0.29, 0.717) is 26.1 Å². The largest absolute Gasteiger partial charge is 0.481 e. The smallest absolute Gasteiger partial charge is 0.303 e. The molecule has 1 unspecified atom stereocenters. The SMILES string of the molecule is CC(CCCC(=O)O)NC(=O)C1CCOCC1. The minimum atomic E-state index is -0.784. The van der Waals surface area contributed by atoms with E-state index in [2.05, 4.69) is 5.32 Å². The maximum Gasteiger partial charge on any atom is 0.303 e. The highest BCUT2D eigenvalue weighted by Gasteiger charge is 2.22. The lowest BCUT2D eigenvalue weighted by molar-refractivity contribution is -0.137. The fourth-order valence-electron chi connectivity index (χ4n) is 1.95. The Hall–Kier alpha value is -1.10. The molecule has 1 heterocycles. The fourth-order valence-corrected chi connectivity index (χ4v) is 1.95. The van der Waals surface area contributed by atoms with Gasteiger partial charge < -0.3 is 15.2 Å². The number of carboxylic acids is 1. The lowest BCUT2D eigenvalue weighted by Gasteiger charge is -2.23. The fraction of sp³-hybridized carbons (Fsp3) is 0.833. The van der Waals surface area contributed by atoms with Crippen LogP contribution in [0.25, 0.3) is 0 Å². The first-order valence-corrected chi connectivity index (χ1v) is 6.19. The summed E-state index contributed by atoms with van der Waals surface area (Å²) >= 11 is 0. The Bertz CT molecular complexity index is 261. The summed E-state index contributed by atoms with van der Waals surface area (Å²) in [5, 5.41) is 11.4. The van der Waals surface area contributed by atoms with E-state index in [0.717, 1.165) is 12.8 Å². The van der Waals surface area contributed by atoms with Crippen LogP contribution in [0.3, 0.4) is 0 Å². The quantitative estimate of drug-likeness (QED) is 0.734. The number of rotatable bonds is 6. The molecule has 1 aliphatic heterocycles. The molecule has 98 valence electrons. The van der Waals surface area contributed by atoms with Gasteiger partial charge in [0.05, 0.1) is 0 Å². The Morgan fingerprint density at radius 3 is 2.65 bits per heavy atom. The number of carboxylic acid groups (broad SMARTS) is 1. The van der Waals surface area contributed by atoms with Gasteiger partial charge in [0.1, 0.15) is 0 Å². The van der Waals surface area contributed by atoms with Crippen LogP contribution in [-0.2, 0) is 14.3 Å². The van der Waals surface area contributed by atoms with Crippen LogP contribution in [0, 0.1) is 5.92 Å². The van der Waals surface area contributed by atoms with Gasteiger partial charge in [-0.25, -0.2) is 0 Å². The lowest BCUT2D eigenvalue weighted by atomic mass is 9.98. The van der Waals surface area contributed by atoms with E-state index in [4.69, 9.17) is 9.84 Å². The molecular formula is C12H21NO4. The van der Waals surface area contributed by atoms with E-state index in [1.165, 1.54) is 0 Å². The first-order valence-electron chi connectivity index (χ1n) is 6.19. The van der Waals surface area contributed by atoms with Gasteiger partial charge in [-0.3, -0.25) is 9.59 Å². The van der Waals surface area contributed by atoms with E-state index in [-0.39, 0.29) is 24.3 Å². The Morgan fingerprint density at radius 2 is 2.06 bits per heavy atom. The van der Waals surface area contributed by atoms with E-state index in [9.17, 15) is 9.59 Å². The summed E-state index contributed by atoms with van der Waals surface area (Å²) in [5.41, 5.74) is 0. The van der Waals surface area contributed by atoms with E-state index in [1.807, 2.05) is 6.92 Å². The molecule has 0 aromatic heterocycles. The summed E-state index contributed by atoms with van der Waals surface area (Å²) in [7, 11) is 0. The Labute approximate surface area is 102 Å². The molecule has 0 aromatic carbocycles. The summed E-state index contributed by atoms with van der Waals surface area (Å²) < 4.78 is 5.20. The highest BCUT2D eigenvalue weighted by Crippen LogP contribution is 2.15. The van der Waals surface area contributed by atoms with Crippen LogP contribution in [0.2, 0.25) is 0 Å². The van der Waals surface area contributed by atoms with Gasteiger partial charge in [-0.1, -0.05) is 0 Å². The first kappa shape index (κ1) is 14.0. The molecule has 1 fully saturated rings. The van der Waals surface area contributed by atoms with Crippen molar-refractivity contribution < 1.29 is 19.4 Å². The monoisotopic (exact) mass is 243 g/mol. The predicted molar refractivity (Wildman–Crippen MR) is 62.6 cm³/mol. The van der Waals surface area contributed by atoms with Gasteiger partial charge in [0.2, 0.25) is 5.91 Å². The molecule has 1 atom stereocenters. The van der Waals surface area contributed by atoms with E-state index >= 15 is 0 Å². The van der Waals surface area contributed by atoms with Gasteiger partial charge in [-0.15, -0.1) is 0 Å². The zero-order valence-corrected chi connectivity index (χ0v) is 10.3. The van der Waals surface area contributed by atoms with E-state index in [1.54, 1.807) is 0 Å². The number of carbonyl (C=O) groups is 2. The van der Waals surface area contributed by atoms with Crippen molar-refractivity contribution in [2.24, 2.45) is 5.92 Å². The Balaban J connectivity index is 2.18. The molecule has 1 rings (SSSR count). The number of hydrogen-bond donors (Lipinski definition) is 2. The zero-order valence-electron chi connectivity index (χ0n) is 10.3. The summed E-state index contributed by atoms with van der Waals surface area (Å²) in [6, 6.07) is 0.0460. The van der Waals surface area contributed by atoms with Gasteiger partial charge in [-0.05, 0) is 32.6 Å². The maximum atomic E-state index is 11.8. The van der Waals surface area contributed by atoms with Crippen molar-refractivity contribution in [3.63, 3.8) is 0 Å². The van der Waals surface area contributed by atoms with Crippen molar-refractivity contribution in [3.05, 3.63) is 0 Å². The molecule has 0 aromatic rings. The average molecular weight is 243 g/mol. The second-order valence-corrected chi connectivity index (χ2v) is 4.58. The third-order valence-corrected chi connectivity index (χ3v) is 3.01. The number of carbonyl (C=O) groups excluding carboxylic acids is 1. The highest BCUT2D eigenvalue weighted by atomic mass is 16.5. The van der Waals surface area contributed by atoms with Gasteiger partial charge in [0, 0.05) is 31.6 Å². The minimum absolute atomic E-state index is 0.0460. The van der Waals surface area contributed by atoms with Crippen LogP contribution in [0.5, 0.6) is 0 Å². The number of aliphatic carboxylic acids is 1. The van der Waals surface area contributed by atoms with Gasteiger partial charge in [-0.2, -0.15) is 0 Å². The van der Waals surface area contributed by atoms with Crippen molar-refractivity contribution in [3.8, 4) is 0 Å². The molecule has 1 aliphatic rings. The van der Waals surface area contributed by atoms with Crippen molar-refractivity contribution >= 4 is 11.9 Å². The molecule has 1 saturated heterocycles. The second-order valence-electron chi connectivity index (χ2n) is 4.58. The summed E-state index contributed by atoms with van der Waals surface area (Å²) in [6.07, 6.45) is 3.05. The van der Waals surface area contributed by atoms with Crippen LogP contribution < -0.4 is 5.32 Å². The van der Waals surface area contributed by atoms with Crippen molar-refractivity contribution in [1.29, 1.82) is 0 Å². The van der Waals surface area contributed by atoms with Crippen LogP contribution in [0.15, 0.2) is 0 Å². The third-order valence-electron chi connectivity index (χ3n) is 3.01. The molecule has 17 heavy (non-hydrogen) atoms. The maximum absolute atomic E-state index is 11.8. The molecular weight excluding hydrogens is 222 g/mol. The van der Waals surface area contributed by atoms with Crippen molar-refractivity contribution in [2.75, 3.05) is 13.2 Å². The molecule has 0 bridgehead atoms. The number of amides is 1.